The smallest absolute Gasteiger partial charge is 0.258 e. The summed E-state index contributed by atoms with van der Waals surface area (Å²) in [7, 11) is 1.37. The summed E-state index contributed by atoms with van der Waals surface area (Å²) in [6.07, 6.45) is 0.311. The zero-order chi connectivity index (χ0) is 25.4. The SMILES string of the molecule is COc1cccc(-c2cc(F)ccc2C2Cc3nc(N)nc(C)c3C(=O)N2Cc2ccccc2)c1F. The molecule has 0 spiro atoms. The first-order chi connectivity index (χ1) is 17.4. The van der Waals surface area contributed by atoms with E-state index in [1.807, 2.05) is 30.3 Å². The number of methoxy groups -OCH3 is 1. The number of nitrogen functional groups attached to an aromatic ring is 1. The molecular formula is C28H24F2N4O2. The molecule has 2 heterocycles. The second-order valence-electron chi connectivity index (χ2n) is 8.68. The molecule has 182 valence electrons. The van der Waals surface area contributed by atoms with Crippen molar-refractivity contribution in [2.45, 2.75) is 25.9 Å². The molecule has 0 saturated carbocycles. The maximum Gasteiger partial charge on any atom is 0.258 e. The molecule has 1 aliphatic rings. The average molecular weight is 487 g/mol. The van der Waals surface area contributed by atoms with Gasteiger partial charge in [0.2, 0.25) is 5.95 Å². The lowest BCUT2D eigenvalue weighted by molar-refractivity contribution is 0.0625. The van der Waals surface area contributed by atoms with Crippen LogP contribution < -0.4 is 10.5 Å². The number of hydrogen-bond donors (Lipinski definition) is 1. The standard InChI is InChI=1S/C28H24F2N4O2/c1-16-25-22(33-28(31)32-16)14-23(34(27(25)35)15-17-7-4-3-5-8-17)19-12-11-18(29)13-21(19)20-9-6-10-24(36-2)26(20)30/h3-13,23H,14-15H2,1-2H3,(H2,31,32,33). The number of benzene rings is 3. The van der Waals surface area contributed by atoms with Crippen LogP contribution in [-0.2, 0) is 13.0 Å². The molecule has 1 atom stereocenters. The van der Waals surface area contributed by atoms with Crippen molar-refractivity contribution < 1.29 is 18.3 Å². The van der Waals surface area contributed by atoms with Gasteiger partial charge in [-0.2, -0.15) is 0 Å². The lowest BCUT2D eigenvalue weighted by Gasteiger charge is -2.38. The summed E-state index contributed by atoms with van der Waals surface area (Å²) in [5, 5.41) is 0. The van der Waals surface area contributed by atoms with Crippen molar-refractivity contribution in [3.63, 3.8) is 0 Å². The van der Waals surface area contributed by atoms with Gasteiger partial charge in [0.1, 0.15) is 5.82 Å². The van der Waals surface area contributed by atoms with Gasteiger partial charge in [0.05, 0.1) is 30.1 Å². The molecule has 5 rings (SSSR count). The van der Waals surface area contributed by atoms with Crippen LogP contribution in [0.4, 0.5) is 14.7 Å². The third-order valence-corrected chi connectivity index (χ3v) is 6.46. The molecule has 4 aromatic rings. The van der Waals surface area contributed by atoms with E-state index in [2.05, 4.69) is 9.97 Å². The van der Waals surface area contributed by atoms with Crippen LogP contribution in [0, 0.1) is 18.6 Å². The summed E-state index contributed by atoms with van der Waals surface area (Å²) in [5.74, 6) is -1.26. The molecule has 0 saturated heterocycles. The fraction of sp³-hybridized carbons (Fsp3) is 0.179. The Balaban J connectivity index is 1.71. The van der Waals surface area contributed by atoms with Gasteiger partial charge in [-0.25, -0.2) is 18.7 Å². The molecule has 0 fully saturated rings. The van der Waals surface area contributed by atoms with E-state index in [9.17, 15) is 9.18 Å². The number of fused-ring (bicyclic) bond motifs is 1. The minimum absolute atomic E-state index is 0.0464. The number of aryl methyl sites for hydroxylation is 1. The van der Waals surface area contributed by atoms with Crippen molar-refractivity contribution in [1.29, 1.82) is 0 Å². The highest BCUT2D eigenvalue weighted by Gasteiger charge is 2.37. The number of halogens is 2. The highest BCUT2D eigenvalue weighted by atomic mass is 19.1. The van der Waals surface area contributed by atoms with Gasteiger partial charge in [0, 0.05) is 18.5 Å². The highest BCUT2D eigenvalue weighted by Crippen LogP contribution is 2.41. The van der Waals surface area contributed by atoms with Gasteiger partial charge >= 0.3 is 0 Å². The van der Waals surface area contributed by atoms with E-state index in [1.165, 1.54) is 25.3 Å². The number of hydrogen-bond acceptors (Lipinski definition) is 5. The van der Waals surface area contributed by atoms with E-state index < -0.39 is 17.7 Å². The molecule has 8 heteroatoms. The summed E-state index contributed by atoms with van der Waals surface area (Å²) in [4.78, 5) is 24.1. The minimum Gasteiger partial charge on any atom is -0.494 e. The third kappa shape index (κ3) is 4.15. The van der Waals surface area contributed by atoms with Crippen LogP contribution in [0.1, 0.15) is 38.9 Å². The van der Waals surface area contributed by atoms with Crippen LogP contribution in [-0.4, -0.2) is 27.9 Å². The number of nitrogens with zero attached hydrogens (tertiary/aromatic N) is 3. The maximum atomic E-state index is 15.3. The Labute approximate surface area is 207 Å². The number of amides is 1. The molecule has 1 unspecified atom stereocenters. The Hall–Kier alpha value is -4.33. The van der Waals surface area contributed by atoms with Crippen LogP contribution in [0.15, 0.2) is 66.7 Å². The second kappa shape index (κ2) is 9.37. The summed E-state index contributed by atoms with van der Waals surface area (Å²) in [6, 6.07) is 17.9. The van der Waals surface area contributed by atoms with Crippen molar-refractivity contribution in [2.75, 3.05) is 12.8 Å². The van der Waals surface area contributed by atoms with Gasteiger partial charge in [-0.15, -0.1) is 0 Å². The van der Waals surface area contributed by atoms with Gasteiger partial charge in [-0.05, 0) is 41.8 Å². The van der Waals surface area contributed by atoms with Gasteiger partial charge < -0.3 is 15.4 Å². The normalized spacial score (nSPS) is 15.1. The molecule has 1 aliphatic heterocycles. The van der Waals surface area contributed by atoms with Gasteiger partial charge in [0.25, 0.3) is 5.91 Å². The predicted molar refractivity (Wildman–Crippen MR) is 132 cm³/mol. The molecule has 0 bridgehead atoms. The third-order valence-electron chi connectivity index (χ3n) is 6.46. The fourth-order valence-corrected chi connectivity index (χ4v) is 4.83. The lowest BCUT2D eigenvalue weighted by atomic mass is 9.87. The van der Waals surface area contributed by atoms with Crippen molar-refractivity contribution in [3.8, 4) is 16.9 Å². The van der Waals surface area contributed by atoms with E-state index >= 15 is 4.39 Å². The van der Waals surface area contributed by atoms with Gasteiger partial charge in [-0.1, -0.05) is 48.5 Å². The van der Waals surface area contributed by atoms with E-state index in [4.69, 9.17) is 10.5 Å². The summed E-state index contributed by atoms with van der Waals surface area (Å²) in [6.45, 7) is 2.02. The number of nitrogens with two attached hydrogens (primary N) is 1. The summed E-state index contributed by atoms with van der Waals surface area (Å²) >= 11 is 0. The number of carbonyl (C=O) groups excluding carboxylic acids is 1. The first kappa shape index (κ1) is 23.4. The van der Waals surface area contributed by atoms with Crippen molar-refractivity contribution in [2.24, 2.45) is 0 Å². The van der Waals surface area contributed by atoms with Gasteiger partial charge in [-0.3, -0.25) is 4.79 Å². The van der Waals surface area contributed by atoms with Crippen LogP contribution in [0.3, 0.4) is 0 Å². The molecule has 1 aromatic heterocycles. The van der Waals surface area contributed by atoms with E-state index in [-0.39, 0.29) is 23.2 Å². The average Bonchev–Trinajstić information content (AvgIpc) is 2.86. The Morgan fingerprint density at radius 3 is 2.56 bits per heavy atom. The molecule has 2 N–H and O–H groups in total. The predicted octanol–water partition coefficient (Wildman–Crippen LogP) is 5.26. The second-order valence-corrected chi connectivity index (χ2v) is 8.68. The quantitative estimate of drug-likeness (QED) is 0.416. The van der Waals surface area contributed by atoms with Gasteiger partial charge in [0.15, 0.2) is 11.6 Å². The number of rotatable bonds is 5. The van der Waals surface area contributed by atoms with Crippen LogP contribution in [0.25, 0.3) is 11.1 Å². The summed E-state index contributed by atoms with van der Waals surface area (Å²) in [5.41, 5.74) is 9.35. The topological polar surface area (TPSA) is 81.3 Å². The summed E-state index contributed by atoms with van der Waals surface area (Å²) < 4.78 is 35.0. The first-order valence-electron chi connectivity index (χ1n) is 11.5. The van der Waals surface area contributed by atoms with E-state index in [0.717, 1.165) is 5.56 Å². The van der Waals surface area contributed by atoms with E-state index in [0.29, 0.717) is 41.0 Å². The number of ether oxygens (including phenoxy) is 1. The molecule has 0 radical (unpaired) electrons. The maximum absolute atomic E-state index is 15.3. The monoisotopic (exact) mass is 486 g/mol. The fourth-order valence-electron chi connectivity index (χ4n) is 4.83. The number of aromatic nitrogens is 2. The number of carbonyl (C=O) groups is 1. The number of anilines is 1. The lowest BCUT2D eigenvalue weighted by Crippen LogP contribution is -2.41. The van der Waals surface area contributed by atoms with Crippen molar-refractivity contribution >= 4 is 11.9 Å². The zero-order valence-corrected chi connectivity index (χ0v) is 19.8. The Kier molecular flexibility index (Phi) is 6.10. The zero-order valence-electron chi connectivity index (χ0n) is 19.8. The largest absolute Gasteiger partial charge is 0.494 e. The van der Waals surface area contributed by atoms with Crippen LogP contribution in [0.5, 0.6) is 5.75 Å². The molecule has 6 nitrogen and oxygen atoms in total. The Morgan fingerprint density at radius 2 is 1.81 bits per heavy atom. The molecule has 0 aliphatic carbocycles. The van der Waals surface area contributed by atoms with E-state index in [1.54, 1.807) is 30.0 Å². The highest BCUT2D eigenvalue weighted by molar-refractivity contribution is 5.98. The van der Waals surface area contributed by atoms with Crippen LogP contribution in [0.2, 0.25) is 0 Å². The Bertz CT molecular complexity index is 1460. The molecular weight excluding hydrogens is 462 g/mol. The molecule has 1 amide bonds. The first-order valence-corrected chi connectivity index (χ1v) is 11.5. The van der Waals surface area contributed by atoms with Crippen molar-refractivity contribution in [3.05, 3.63) is 106 Å². The molecule has 3 aromatic carbocycles. The van der Waals surface area contributed by atoms with Crippen LogP contribution >= 0.6 is 0 Å². The Morgan fingerprint density at radius 1 is 1.03 bits per heavy atom. The minimum atomic E-state index is -0.605. The molecule has 36 heavy (non-hydrogen) atoms. The van der Waals surface area contributed by atoms with Crippen molar-refractivity contribution in [1.82, 2.24) is 14.9 Å².